The number of hydrogen-bond acceptors (Lipinski definition) is 4. The number of aliphatic hydroxyl groups is 1. The van der Waals surface area contributed by atoms with Crippen molar-refractivity contribution in [2.24, 2.45) is 5.73 Å². The number of anilines is 1. The number of nitrogens with two attached hydrogens (primary N) is 1. The van der Waals surface area contributed by atoms with Gasteiger partial charge < -0.3 is 20.5 Å². The van der Waals surface area contributed by atoms with Crippen LogP contribution in [0.15, 0.2) is 72.8 Å². The number of alkyl halides is 3. The first-order valence-electron chi connectivity index (χ1n) is 11.3. The molecular weight excluding hydrogens is 511 g/mol. The molecule has 1 aliphatic rings. The summed E-state index contributed by atoms with van der Waals surface area (Å²) in [5.41, 5.74) is 5.24. The normalized spacial score (nSPS) is 16.7. The number of carbonyl (C=O) groups excluding carboxylic acids is 2. The molecule has 3 aromatic carbocycles. The topological polar surface area (TPSA) is 96.1 Å². The van der Waals surface area contributed by atoms with Crippen LogP contribution in [0.2, 0.25) is 5.02 Å². The predicted molar refractivity (Wildman–Crippen MR) is 131 cm³/mol. The highest BCUT2D eigenvalue weighted by Gasteiger charge is 2.44. The summed E-state index contributed by atoms with van der Waals surface area (Å²) in [4.78, 5) is 28.1. The standard InChI is InChI=1S/C26H23ClF3N3O4/c27-18-4-8-20(9-5-18)37-21-10-6-19(7-11-21)33-23(16-2-1-3-17(14-16)26(28,29)30)15-32(25(33)36)22(12-13-34)24(31)35/h1-11,14,22-23,34H,12-13,15H2,(H2,31,35). The summed E-state index contributed by atoms with van der Waals surface area (Å²) >= 11 is 5.89. The molecule has 1 fully saturated rings. The van der Waals surface area contributed by atoms with Gasteiger partial charge in [0.15, 0.2) is 0 Å². The molecule has 0 aromatic heterocycles. The number of urea groups is 1. The molecule has 37 heavy (non-hydrogen) atoms. The summed E-state index contributed by atoms with van der Waals surface area (Å²) in [5.74, 6) is 0.176. The van der Waals surface area contributed by atoms with E-state index < -0.39 is 42.4 Å². The van der Waals surface area contributed by atoms with E-state index in [2.05, 4.69) is 0 Å². The van der Waals surface area contributed by atoms with Gasteiger partial charge in [0, 0.05) is 23.9 Å². The molecule has 3 aromatic rings. The largest absolute Gasteiger partial charge is 0.457 e. The maximum atomic E-state index is 13.5. The molecule has 0 bridgehead atoms. The third-order valence-corrected chi connectivity index (χ3v) is 6.26. The minimum absolute atomic E-state index is 0.0991. The van der Waals surface area contributed by atoms with Gasteiger partial charge in [-0.15, -0.1) is 0 Å². The molecule has 0 spiro atoms. The molecule has 1 aliphatic heterocycles. The summed E-state index contributed by atoms with van der Waals surface area (Å²) in [7, 11) is 0. The Balaban J connectivity index is 1.69. The zero-order chi connectivity index (χ0) is 26.7. The van der Waals surface area contributed by atoms with Crippen molar-refractivity contribution >= 4 is 29.2 Å². The molecule has 2 atom stereocenters. The highest BCUT2D eigenvalue weighted by Crippen LogP contribution is 2.39. The summed E-state index contributed by atoms with van der Waals surface area (Å²) < 4.78 is 46.0. The number of ether oxygens (including phenoxy) is 1. The molecule has 194 valence electrons. The highest BCUT2D eigenvalue weighted by molar-refractivity contribution is 6.30. The summed E-state index contributed by atoms with van der Waals surface area (Å²) in [6.45, 7) is -0.501. The zero-order valence-electron chi connectivity index (χ0n) is 19.4. The first-order valence-corrected chi connectivity index (χ1v) is 11.7. The van der Waals surface area contributed by atoms with E-state index >= 15 is 0 Å². The molecular formula is C26H23ClF3N3O4. The van der Waals surface area contributed by atoms with Crippen molar-refractivity contribution in [1.82, 2.24) is 4.90 Å². The van der Waals surface area contributed by atoms with Crippen LogP contribution in [0.3, 0.4) is 0 Å². The van der Waals surface area contributed by atoms with Crippen LogP contribution in [0, 0.1) is 0 Å². The monoisotopic (exact) mass is 533 g/mol. The van der Waals surface area contributed by atoms with Gasteiger partial charge in [0.25, 0.3) is 0 Å². The van der Waals surface area contributed by atoms with Crippen molar-refractivity contribution in [3.63, 3.8) is 0 Å². The fraction of sp³-hybridized carbons (Fsp3) is 0.231. The molecule has 3 amide bonds. The van der Waals surface area contributed by atoms with Crippen LogP contribution >= 0.6 is 11.6 Å². The second-order valence-electron chi connectivity index (χ2n) is 8.42. The smallest absolute Gasteiger partial charge is 0.416 e. The number of rotatable bonds is 8. The quantitative estimate of drug-likeness (QED) is 0.407. The van der Waals surface area contributed by atoms with Crippen LogP contribution in [0.5, 0.6) is 11.5 Å². The van der Waals surface area contributed by atoms with Crippen molar-refractivity contribution in [1.29, 1.82) is 0 Å². The lowest BCUT2D eigenvalue weighted by Crippen LogP contribution is -2.47. The number of halogens is 4. The summed E-state index contributed by atoms with van der Waals surface area (Å²) in [6, 6.07) is 15.2. The molecule has 4 rings (SSSR count). The Morgan fingerprint density at radius 1 is 1.08 bits per heavy atom. The van der Waals surface area contributed by atoms with Crippen molar-refractivity contribution < 1.29 is 32.6 Å². The van der Waals surface area contributed by atoms with E-state index in [0.717, 1.165) is 12.1 Å². The van der Waals surface area contributed by atoms with Crippen molar-refractivity contribution in [2.45, 2.75) is 24.7 Å². The molecule has 0 saturated carbocycles. The fourth-order valence-corrected chi connectivity index (χ4v) is 4.36. The molecule has 0 radical (unpaired) electrons. The Kier molecular flexibility index (Phi) is 7.60. The summed E-state index contributed by atoms with van der Waals surface area (Å²) in [6.07, 6.45) is -4.67. The first kappa shape index (κ1) is 26.3. The molecule has 0 aliphatic carbocycles. The van der Waals surface area contributed by atoms with Crippen LogP contribution in [-0.2, 0) is 11.0 Å². The van der Waals surface area contributed by atoms with Crippen molar-refractivity contribution in [3.05, 3.63) is 88.9 Å². The number of hydrogen-bond donors (Lipinski definition) is 2. The fourth-order valence-electron chi connectivity index (χ4n) is 4.23. The van der Waals surface area contributed by atoms with E-state index in [1.54, 1.807) is 48.5 Å². The average Bonchev–Trinajstić information content (AvgIpc) is 3.20. The molecule has 1 saturated heterocycles. The van der Waals surface area contributed by atoms with Crippen LogP contribution < -0.4 is 15.4 Å². The van der Waals surface area contributed by atoms with E-state index in [4.69, 9.17) is 22.1 Å². The number of carbonyl (C=O) groups is 2. The highest BCUT2D eigenvalue weighted by atomic mass is 35.5. The van der Waals surface area contributed by atoms with Gasteiger partial charge in [0.2, 0.25) is 5.91 Å². The molecule has 1 heterocycles. The number of aliphatic hydroxyl groups excluding tert-OH is 1. The van der Waals surface area contributed by atoms with Crippen LogP contribution in [0.25, 0.3) is 0 Å². The zero-order valence-corrected chi connectivity index (χ0v) is 20.1. The van der Waals surface area contributed by atoms with Gasteiger partial charge in [-0.2, -0.15) is 13.2 Å². The van der Waals surface area contributed by atoms with E-state index in [1.807, 2.05) is 0 Å². The summed E-state index contributed by atoms with van der Waals surface area (Å²) in [5, 5.41) is 9.94. The van der Waals surface area contributed by atoms with Gasteiger partial charge in [-0.25, -0.2) is 4.79 Å². The maximum absolute atomic E-state index is 13.5. The Morgan fingerprint density at radius 2 is 1.70 bits per heavy atom. The lowest BCUT2D eigenvalue weighted by atomic mass is 10.0. The maximum Gasteiger partial charge on any atom is 0.416 e. The number of amides is 3. The van der Waals surface area contributed by atoms with Gasteiger partial charge in [0.1, 0.15) is 17.5 Å². The van der Waals surface area contributed by atoms with E-state index in [1.165, 1.54) is 21.9 Å². The molecule has 2 unspecified atom stereocenters. The van der Waals surface area contributed by atoms with Crippen LogP contribution in [0.1, 0.15) is 23.6 Å². The number of nitrogens with zero attached hydrogens (tertiary/aromatic N) is 2. The van der Waals surface area contributed by atoms with Crippen LogP contribution in [0.4, 0.5) is 23.7 Å². The van der Waals surface area contributed by atoms with E-state index in [-0.39, 0.29) is 18.5 Å². The Hall–Kier alpha value is -3.76. The second-order valence-corrected chi connectivity index (χ2v) is 8.86. The van der Waals surface area contributed by atoms with Gasteiger partial charge in [0.05, 0.1) is 11.6 Å². The average molecular weight is 534 g/mol. The predicted octanol–water partition coefficient (Wildman–Crippen LogP) is 5.37. The van der Waals surface area contributed by atoms with Gasteiger partial charge in [-0.05, 0) is 72.6 Å². The Bertz CT molecular complexity index is 1270. The Morgan fingerprint density at radius 3 is 2.27 bits per heavy atom. The van der Waals surface area contributed by atoms with Gasteiger partial charge in [-0.1, -0.05) is 23.7 Å². The molecule has 3 N–H and O–H groups in total. The van der Waals surface area contributed by atoms with E-state index in [0.29, 0.717) is 22.2 Å². The lowest BCUT2D eigenvalue weighted by Gasteiger charge is -2.25. The number of benzene rings is 3. The van der Waals surface area contributed by atoms with Crippen molar-refractivity contribution in [2.75, 3.05) is 18.1 Å². The van der Waals surface area contributed by atoms with Gasteiger partial charge >= 0.3 is 12.2 Å². The Labute approximate surface area is 215 Å². The van der Waals surface area contributed by atoms with Gasteiger partial charge in [-0.3, -0.25) is 9.69 Å². The third kappa shape index (κ3) is 5.81. The minimum atomic E-state index is -4.57. The molecule has 7 nitrogen and oxygen atoms in total. The second kappa shape index (κ2) is 10.7. The number of primary amides is 1. The van der Waals surface area contributed by atoms with Crippen molar-refractivity contribution in [3.8, 4) is 11.5 Å². The minimum Gasteiger partial charge on any atom is -0.457 e. The first-order chi connectivity index (χ1) is 17.6. The third-order valence-electron chi connectivity index (χ3n) is 6.00. The van der Waals surface area contributed by atoms with Crippen LogP contribution in [-0.4, -0.2) is 41.1 Å². The molecule has 11 heteroatoms. The lowest BCUT2D eigenvalue weighted by molar-refractivity contribution is -0.137. The SMILES string of the molecule is NC(=O)C(CCO)N1CC(c2cccc(C(F)(F)F)c2)N(c2ccc(Oc3ccc(Cl)cc3)cc2)C1=O. The van der Waals surface area contributed by atoms with E-state index in [9.17, 15) is 27.9 Å².